The number of rotatable bonds is 6. The summed E-state index contributed by atoms with van der Waals surface area (Å²) in [6.07, 6.45) is 0. The molecule has 1 atom stereocenters. The van der Waals surface area contributed by atoms with E-state index < -0.39 is 5.97 Å². The number of methoxy groups -OCH3 is 1. The number of nitrogens with one attached hydrogen (secondary N) is 1. The lowest BCUT2D eigenvalue weighted by Crippen LogP contribution is -2.36. The maximum atomic E-state index is 11.3. The minimum atomic E-state index is -0.395. The summed E-state index contributed by atoms with van der Waals surface area (Å²) in [6.45, 7) is 5.25. The van der Waals surface area contributed by atoms with E-state index in [0.717, 1.165) is 11.7 Å². The second-order valence-electron chi connectivity index (χ2n) is 4.79. The molecule has 0 fully saturated rings. The van der Waals surface area contributed by atoms with E-state index in [1.807, 2.05) is 14.1 Å². The minimum absolute atomic E-state index is 0.302. The Morgan fingerprint density at radius 1 is 1.56 bits per heavy atom. The summed E-state index contributed by atoms with van der Waals surface area (Å²) in [5, 5.41) is 5.84. The number of carbonyl (C=O) groups excluding carboxylic acids is 1. The SMILES string of the molecule is COC(=O)c1csc(NC(CN(C)C)C(C)C)n1. The first-order valence-electron chi connectivity index (χ1n) is 5.89. The second kappa shape index (κ2) is 6.70. The Labute approximate surface area is 112 Å². The first-order chi connectivity index (χ1) is 8.43. The van der Waals surface area contributed by atoms with Gasteiger partial charge in [0.05, 0.1) is 7.11 Å². The fraction of sp³-hybridized carbons (Fsp3) is 0.667. The van der Waals surface area contributed by atoms with Crippen LogP contribution in [0.25, 0.3) is 0 Å². The highest BCUT2D eigenvalue weighted by molar-refractivity contribution is 7.13. The van der Waals surface area contributed by atoms with Crippen LogP contribution in [-0.2, 0) is 4.74 Å². The summed E-state index contributed by atoms with van der Waals surface area (Å²) >= 11 is 1.42. The van der Waals surface area contributed by atoms with Crippen LogP contribution in [0.15, 0.2) is 5.38 Å². The molecular weight excluding hydrogens is 250 g/mol. The van der Waals surface area contributed by atoms with Crippen LogP contribution in [0.4, 0.5) is 5.13 Å². The second-order valence-corrected chi connectivity index (χ2v) is 5.64. The Bertz CT molecular complexity index is 390. The highest BCUT2D eigenvalue weighted by Gasteiger charge is 2.17. The zero-order chi connectivity index (χ0) is 13.7. The summed E-state index contributed by atoms with van der Waals surface area (Å²) in [5.74, 6) is 0.0888. The van der Waals surface area contributed by atoms with E-state index in [1.54, 1.807) is 5.38 Å². The van der Waals surface area contributed by atoms with Crippen LogP contribution in [0.2, 0.25) is 0 Å². The topological polar surface area (TPSA) is 54.5 Å². The molecule has 0 bridgehead atoms. The van der Waals surface area contributed by atoms with Crippen molar-refractivity contribution in [2.45, 2.75) is 19.9 Å². The number of likely N-dealkylation sites (N-methyl/N-ethyl adjacent to an activating group) is 1. The highest BCUT2D eigenvalue weighted by Crippen LogP contribution is 2.19. The smallest absolute Gasteiger partial charge is 0.357 e. The molecule has 1 heterocycles. The summed E-state index contributed by atoms with van der Waals surface area (Å²) in [4.78, 5) is 17.7. The summed E-state index contributed by atoms with van der Waals surface area (Å²) in [5.41, 5.74) is 0.359. The molecule has 6 heteroatoms. The molecule has 102 valence electrons. The number of ether oxygens (including phenoxy) is 1. The largest absolute Gasteiger partial charge is 0.464 e. The molecule has 1 aromatic rings. The number of nitrogens with zero attached hydrogens (tertiary/aromatic N) is 2. The number of carbonyl (C=O) groups is 1. The maximum absolute atomic E-state index is 11.3. The first-order valence-corrected chi connectivity index (χ1v) is 6.77. The Morgan fingerprint density at radius 3 is 2.72 bits per heavy atom. The molecule has 1 rings (SSSR count). The van der Waals surface area contributed by atoms with Crippen molar-refractivity contribution in [3.63, 3.8) is 0 Å². The molecule has 1 unspecified atom stereocenters. The first kappa shape index (κ1) is 14.9. The van der Waals surface area contributed by atoms with Gasteiger partial charge in [-0.05, 0) is 20.0 Å². The van der Waals surface area contributed by atoms with E-state index in [1.165, 1.54) is 18.4 Å². The number of aromatic nitrogens is 1. The van der Waals surface area contributed by atoms with Gasteiger partial charge in [-0.1, -0.05) is 13.8 Å². The quantitative estimate of drug-likeness (QED) is 0.801. The van der Waals surface area contributed by atoms with Gasteiger partial charge in [-0.15, -0.1) is 11.3 Å². The van der Waals surface area contributed by atoms with Crippen molar-refractivity contribution < 1.29 is 9.53 Å². The van der Waals surface area contributed by atoms with E-state index in [4.69, 9.17) is 0 Å². The molecule has 0 aliphatic rings. The van der Waals surface area contributed by atoms with Crippen LogP contribution in [0, 0.1) is 5.92 Å². The van der Waals surface area contributed by atoms with Gasteiger partial charge < -0.3 is 15.0 Å². The zero-order valence-corrected chi connectivity index (χ0v) is 12.4. The molecule has 1 aromatic heterocycles. The molecule has 0 radical (unpaired) electrons. The number of hydrogen-bond donors (Lipinski definition) is 1. The lowest BCUT2D eigenvalue weighted by molar-refractivity contribution is 0.0595. The summed E-state index contributed by atoms with van der Waals surface area (Å²) in [6, 6.07) is 0.302. The van der Waals surface area contributed by atoms with E-state index in [0.29, 0.717) is 17.7 Å². The van der Waals surface area contributed by atoms with Gasteiger partial charge in [-0.25, -0.2) is 9.78 Å². The van der Waals surface area contributed by atoms with E-state index in [9.17, 15) is 4.79 Å². The van der Waals surface area contributed by atoms with Crippen molar-refractivity contribution in [2.75, 3.05) is 33.1 Å². The Hall–Kier alpha value is -1.14. The van der Waals surface area contributed by atoms with E-state index in [-0.39, 0.29) is 0 Å². The van der Waals surface area contributed by atoms with Gasteiger partial charge in [0.15, 0.2) is 10.8 Å². The van der Waals surface area contributed by atoms with Crippen molar-refractivity contribution in [1.82, 2.24) is 9.88 Å². The molecule has 0 aromatic carbocycles. The average molecular weight is 271 g/mol. The average Bonchev–Trinajstić information content (AvgIpc) is 2.75. The molecule has 0 saturated carbocycles. The van der Waals surface area contributed by atoms with E-state index >= 15 is 0 Å². The molecule has 0 aliphatic carbocycles. The molecule has 1 N–H and O–H groups in total. The lowest BCUT2D eigenvalue weighted by Gasteiger charge is -2.25. The fourth-order valence-corrected chi connectivity index (χ4v) is 2.26. The fourth-order valence-electron chi connectivity index (χ4n) is 1.51. The number of esters is 1. The van der Waals surface area contributed by atoms with Crippen molar-refractivity contribution in [3.8, 4) is 0 Å². The van der Waals surface area contributed by atoms with Gasteiger partial charge >= 0.3 is 5.97 Å². The lowest BCUT2D eigenvalue weighted by atomic mass is 10.0. The third-order valence-corrected chi connectivity index (χ3v) is 3.35. The summed E-state index contributed by atoms with van der Waals surface area (Å²) in [7, 11) is 5.44. The van der Waals surface area contributed by atoms with Gasteiger partial charge in [0.25, 0.3) is 0 Å². The van der Waals surface area contributed by atoms with Crippen LogP contribution in [0.3, 0.4) is 0 Å². The molecule has 0 spiro atoms. The molecule has 5 nitrogen and oxygen atoms in total. The number of hydrogen-bond acceptors (Lipinski definition) is 6. The van der Waals surface area contributed by atoms with Gasteiger partial charge in [0, 0.05) is 18.0 Å². The van der Waals surface area contributed by atoms with Crippen LogP contribution >= 0.6 is 11.3 Å². The monoisotopic (exact) mass is 271 g/mol. The van der Waals surface area contributed by atoms with Gasteiger partial charge in [0.1, 0.15) is 0 Å². The maximum Gasteiger partial charge on any atom is 0.357 e. The van der Waals surface area contributed by atoms with Crippen LogP contribution in [-0.4, -0.2) is 49.6 Å². The normalized spacial score (nSPS) is 12.8. The third kappa shape index (κ3) is 4.27. The van der Waals surface area contributed by atoms with Crippen molar-refractivity contribution in [1.29, 1.82) is 0 Å². The molecule has 18 heavy (non-hydrogen) atoms. The third-order valence-electron chi connectivity index (χ3n) is 2.57. The van der Waals surface area contributed by atoms with Gasteiger partial charge in [0.2, 0.25) is 0 Å². The Balaban J connectivity index is 2.69. The minimum Gasteiger partial charge on any atom is -0.464 e. The highest BCUT2D eigenvalue weighted by atomic mass is 32.1. The molecule has 0 aliphatic heterocycles. The van der Waals surface area contributed by atoms with E-state index in [2.05, 4.69) is 33.8 Å². The van der Waals surface area contributed by atoms with Crippen molar-refractivity contribution >= 4 is 22.4 Å². The predicted molar refractivity (Wildman–Crippen MR) is 74.3 cm³/mol. The van der Waals surface area contributed by atoms with Crippen LogP contribution in [0.1, 0.15) is 24.3 Å². The Kier molecular flexibility index (Phi) is 5.55. The van der Waals surface area contributed by atoms with Crippen molar-refractivity contribution in [3.05, 3.63) is 11.1 Å². The van der Waals surface area contributed by atoms with Gasteiger partial charge in [-0.3, -0.25) is 0 Å². The van der Waals surface area contributed by atoms with Crippen LogP contribution < -0.4 is 5.32 Å². The van der Waals surface area contributed by atoms with Crippen molar-refractivity contribution in [2.24, 2.45) is 5.92 Å². The summed E-state index contributed by atoms with van der Waals surface area (Å²) < 4.78 is 4.64. The molecular formula is C12H21N3O2S. The molecule has 0 amide bonds. The standard InChI is InChI=1S/C12H21N3O2S/c1-8(2)9(6-15(3)4)13-12-14-10(7-18-12)11(16)17-5/h7-9H,6H2,1-5H3,(H,13,14). The molecule has 0 saturated heterocycles. The zero-order valence-electron chi connectivity index (χ0n) is 11.6. The predicted octanol–water partition coefficient (Wildman–Crippen LogP) is 1.93. The number of thiazole rings is 1. The number of anilines is 1. The van der Waals surface area contributed by atoms with Gasteiger partial charge in [-0.2, -0.15) is 0 Å². The van der Waals surface area contributed by atoms with Crippen LogP contribution in [0.5, 0.6) is 0 Å². The Morgan fingerprint density at radius 2 is 2.22 bits per heavy atom.